The van der Waals surface area contributed by atoms with Crippen molar-refractivity contribution in [2.24, 2.45) is 0 Å². The van der Waals surface area contributed by atoms with Gasteiger partial charge in [-0.3, -0.25) is 9.59 Å². The summed E-state index contributed by atoms with van der Waals surface area (Å²) in [5.74, 6) is 0.0343. The maximum atomic E-state index is 12.5. The molecule has 25 heavy (non-hydrogen) atoms. The highest BCUT2D eigenvalue weighted by Gasteiger charge is 2.19. The summed E-state index contributed by atoms with van der Waals surface area (Å²) >= 11 is 6.03. The molecule has 0 heterocycles. The molecule has 6 heteroatoms. The molecule has 2 aromatic rings. The van der Waals surface area contributed by atoms with Gasteiger partial charge in [0.1, 0.15) is 12.3 Å². The van der Waals surface area contributed by atoms with Gasteiger partial charge in [0, 0.05) is 17.6 Å². The Morgan fingerprint density at radius 3 is 2.60 bits per heavy atom. The van der Waals surface area contributed by atoms with E-state index >= 15 is 0 Å². The summed E-state index contributed by atoms with van der Waals surface area (Å²) in [5.41, 5.74) is 2.05. The van der Waals surface area contributed by atoms with Gasteiger partial charge in [-0.05, 0) is 43.7 Å². The minimum atomic E-state index is -0.318. The van der Waals surface area contributed by atoms with Gasteiger partial charge in [-0.1, -0.05) is 29.8 Å². The van der Waals surface area contributed by atoms with Crippen LogP contribution in [0.4, 0.5) is 11.4 Å². The number of benzene rings is 2. The molecule has 5 nitrogen and oxygen atoms in total. The van der Waals surface area contributed by atoms with Crippen LogP contribution in [0.25, 0.3) is 0 Å². The Kier molecular flexibility index (Phi) is 6.42. The highest BCUT2D eigenvalue weighted by atomic mass is 35.5. The third kappa shape index (κ3) is 4.97. The first-order valence-corrected chi connectivity index (χ1v) is 8.36. The number of nitrogens with zero attached hydrogens (tertiary/aromatic N) is 1. The van der Waals surface area contributed by atoms with E-state index in [-0.39, 0.29) is 18.4 Å². The lowest BCUT2D eigenvalue weighted by molar-refractivity contribution is -0.120. The fourth-order valence-corrected chi connectivity index (χ4v) is 2.59. The first-order valence-electron chi connectivity index (χ1n) is 7.98. The summed E-state index contributed by atoms with van der Waals surface area (Å²) in [6.45, 7) is 5.54. The Morgan fingerprint density at radius 1 is 1.20 bits per heavy atom. The van der Waals surface area contributed by atoms with E-state index in [1.165, 1.54) is 11.8 Å². The number of halogens is 1. The lowest BCUT2D eigenvalue weighted by Gasteiger charge is -2.23. The maximum Gasteiger partial charge on any atom is 0.244 e. The summed E-state index contributed by atoms with van der Waals surface area (Å²) in [6, 6.07) is 12.4. The fourth-order valence-electron chi connectivity index (χ4n) is 2.42. The largest absolute Gasteiger partial charge is 0.492 e. The number of nitrogens with one attached hydrogen (secondary N) is 1. The zero-order valence-electron chi connectivity index (χ0n) is 14.5. The standard InChI is InChI=1S/C19H21ClN2O3/c1-4-25-18-8-6-5-7-16(18)21-19(24)12-22(14(3)23)17-11-15(20)10-9-13(17)2/h5-11H,4,12H2,1-3H3,(H,21,24). The second kappa shape index (κ2) is 8.53. The zero-order valence-corrected chi connectivity index (χ0v) is 15.3. The molecule has 132 valence electrons. The molecule has 0 saturated carbocycles. The second-order valence-corrected chi connectivity index (χ2v) is 5.95. The van der Waals surface area contributed by atoms with Crippen molar-refractivity contribution >= 4 is 34.8 Å². The lowest BCUT2D eigenvalue weighted by Crippen LogP contribution is -2.37. The van der Waals surface area contributed by atoms with E-state index in [1.54, 1.807) is 24.3 Å². The lowest BCUT2D eigenvalue weighted by atomic mass is 10.1. The van der Waals surface area contributed by atoms with Gasteiger partial charge in [0.25, 0.3) is 0 Å². The molecule has 0 radical (unpaired) electrons. The number of rotatable bonds is 6. The van der Waals surface area contributed by atoms with E-state index in [2.05, 4.69) is 5.32 Å². The number of anilines is 2. The van der Waals surface area contributed by atoms with Gasteiger partial charge in [0.2, 0.25) is 11.8 Å². The summed E-state index contributed by atoms with van der Waals surface area (Å²) < 4.78 is 5.50. The topological polar surface area (TPSA) is 58.6 Å². The number of amides is 2. The van der Waals surface area contributed by atoms with Crippen LogP contribution >= 0.6 is 11.6 Å². The predicted molar refractivity (Wildman–Crippen MR) is 100 cm³/mol. The van der Waals surface area contributed by atoms with Gasteiger partial charge >= 0.3 is 0 Å². The molecule has 0 aliphatic rings. The first kappa shape index (κ1) is 18.8. The summed E-state index contributed by atoms with van der Waals surface area (Å²) in [4.78, 5) is 25.9. The van der Waals surface area contributed by atoms with Crippen LogP contribution < -0.4 is 15.0 Å². The Labute approximate surface area is 152 Å². The third-order valence-corrected chi connectivity index (χ3v) is 3.84. The highest BCUT2D eigenvalue weighted by molar-refractivity contribution is 6.31. The van der Waals surface area contributed by atoms with E-state index in [0.717, 1.165) is 5.56 Å². The monoisotopic (exact) mass is 360 g/mol. The molecule has 0 aromatic heterocycles. The molecular weight excluding hydrogens is 340 g/mol. The maximum absolute atomic E-state index is 12.5. The molecule has 0 saturated heterocycles. The van der Waals surface area contributed by atoms with Crippen LogP contribution in [0.3, 0.4) is 0 Å². The van der Waals surface area contributed by atoms with Crippen molar-refractivity contribution in [1.82, 2.24) is 0 Å². The smallest absolute Gasteiger partial charge is 0.244 e. The third-order valence-electron chi connectivity index (χ3n) is 3.60. The molecule has 0 aliphatic carbocycles. The average Bonchev–Trinajstić information content (AvgIpc) is 2.57. The minimum Gasteiger partial charge on any atom is -0.492 e. The normalized spacial score (nSPS) is 10.2. The zero-order chi connectivity index (χ0) is 18.4. The molecule has 0 spiro atoms. The van der Waals surface area contributed by atoms with E-state index in [0.29, 0.717) is 28.8 Å². The number of carbonyl (C=O) groups is 2. The van der Waals surface area contributed by atoms with Gasteiger partial charge < -0.3 is 15.0 Å². The minimum absolute atomic E-state index is 0.114. The summed E-state index contributed by atoms with van der Waals surface area (Å²) in [5, 5.41) is 3.30. The quantitative estimate of drug-likeness (QED) is 0.845. The van der Waals surface area contributed by atoms with Gasteiger partial charge in [-0.15, -0.1) is 0 Å². The Morgan fingerprint density at radius 2 is 1.92 bits per heavy atom. The number of ether oxygens (including phenoxy) is 1. The van der Waals surface area contributed by atoms with Crippen LogP contribution in [-0.4, -0.2) is 25.0 Å². The number of hydrogen-bond donors (Lipinski definition) is 1. The van der Waals surface area contributed by atoms with Crippen molar-refractivity contribution in [3.05, 3.63) is 53.1 Å². The van der Waals surface area contributed by atoms with Crippen LogP contribution in [0.5, 0.6) is 5.75 Å². The summed E-state index contributed by atoms with van der Waals surface area (Å²) in [7, 11) is 0. The molecule has 0 fully saturated rings. The van der Waals surface area contributed by atoms with Crippen LogP contribution in [0, 0.1) is 6.92 Å². The molecule has 0 bridgehead atoms. The van der Waals surface area contributed by atoms with Gasteiger partial charge in [0.15, 0.2) is 0 Å². The summed E-state index contributed by atoms with van der Waals surface area (Å²) in [6.07, 6.45) is 0. The van der Waals surface area contributed by atoms with E-state index in [9.17, 15) is 9.59 Å². The van der Waals surface area contributed by atoms with Crippen LogP contribution in [0.2, 0.25) is 5.02 Å². The molecule has 2 amide bonds. The van der Waals surface area contributed by atoms with Gasteiger partial charge in [-0.2, -0.15) is 0 Å². The molecule has 2 aromatic carbocycles. The first-order chi connectivity index (χ1) is 11.9. The molecule has 0 unspecified atom stereocenters. The SMILES string of the molecule is CCOc1ccccc1NC(=O)CN(C(C)=O)c1cc(Cl)ccc1C. The number of para-hydroxylation sites is 2. The van der Waals surface area contributed by atoms with Crippen molar-refractivity contribution in [2.75, 3.05) is 23.4 Å². The van der Waals surface area contributed by atoms with Crippen LogP contribution in [0.1, 0.15) is 19.4 Å². The molecular formula is C19H21ClN2O3. The highest BCUT2D eigenvalue weighted by Crippen LogP contribution is 2.26. The second-order valence-electron chi connectivity index (χ2n) is 5.51. The number of aryl methyl sites for hydroxylation is 1. The molecule has 1 N–H and O–H groups in total. The van der Waals surface area contributed by atoms with Crippen molar-refractivity contribution in [3.63, 3.8) is 0 Å². The van der Waals surface area contributed by atoms with Crippen LogP contribution in [0.15, 0.2) is 42.5 Å². The molecule has 0 aliphatic heterocycles. The molecule has 0 atom stereocenters. The Bertz CT molecular complexity index is 777. The van der Waals surface area contributed by atoms with Gasteiger partial charge in [-0.25, -0.2) is 0 Å². The average molecular weight is 361 g/mol. The van der Waals surface area contributed by atoms with E-state index < -0.39 is 0 Å². The van der Waals surface area contributed by atoms with Crippen LogP contribution in [-0.2, 0) is 9.59 Å². The Balaban J connectivity index is 2.19. The predicted octanol–water partition coefficient (Wildman–Crippen LogP) is 4.04. The molecule has 2 rings (SSSR count). The van der Waals surface area contributed by atoms with Crippen molar-refractivity contribution < 1.29 is 14.3 Å². The van der Waals surface area contributed by atoms with E-state index in [1.807, 2.05) is 32.0 Å². The number of hydrogen-bond acceptors (Lipinski definition) is 3. The fraction of sp³-hybridized carbons (Fsp3) is 0.263. The van der Waals surface area contributed by atoms with E-state index in [4.69, 9.17) is 16.3 Å². The Hall–Kier alpha value is -2.53. The van der Waals surface area contributed by atoms with Crippen molar-refractivity contribution in [1.29, 1.82) is 0 Å². The van der Waals surface area contributed by atoms with Gasteiger partial charge in [0.05, 0.1) is 12.3 Å². The van der Waals surface area contributed by atoms with Crippen molar-refractivity contribution in [2.45, 2.75) is 20.8 Å². The number of carbonyl (C=O) groups excluding carboxylic acids is 2. The van der Waals surface area contributed by atoms with Crippen molar-refractivity contribution in [3.8, 4) is 5.75 Å².